The third-order valence-electron chi connectivity index (χ3n) is 6.13. The topological polar surface area (TPSA) is 116 Å². The smallest absolute Gasteiger partial charge is 0.303 e. The Morgan fingerprint density at radius 1 is 1.03 bits per heavy atom. The van der Waals surface area contributed by atoms with Crippen LogP contribution in [-0.2, 0) is 27.0 Å². The number of primary sulfonamides is 1. The van der Waals surface area contributed by atoms with E-state index in [1.807, 2.05) is 42.5 Å². The SMILES string of the molecule is COc1cccc2c1-c1ccc(CS(N)(=O)=O)cc1C(c1ccc(CCCCCC(=O)O)cc1)O2. The van der Waals surface area contributed by atoms with Crippen LogP contribution >= 0.6 is 0 Å². The second kappa shape index (κ2) is 10.5. The van der Waals surface area contributed by atoms with Crippen LogP contribution in [0.4, 0.5) is 0 Å². The van der Waals surface area contributed by atoms with Crippen molar-refractivity contribution in [2.75, 3.05) is 7.11 Å². The van der Waals surface area contributed by atoms with Gasteiger partial charge in [0.2, 0.25) is 10.0 Å². The number of unbranched alkanes of at least 4 members (excludes halogenated alkanes) is 2. The van der Waals surface area contributed by atoms with Crippen LogP contribution in [0.25, 0.3) is 11.1 Å². The molecule has 0 fully saturated rings. The Morgan fingerprint density at radius 2 is 1.77 bits per heavy atom. The maximum Gasteiger partial charge on any atom is 0.303 e. The van der Waals surface area contributed by atoms with Crippen molar-refractivity contribution in [1.82, 2.24) is 0 Å². The standard InChI is InChI=1S/C27H29NO6S/c1-33-23-7-5-8-24-26(23)21-15-12-19(17-35(28,31)32)16-22(21)27(34-24)20-13-10-18(11-14-20)6-3-2-4-9-25(29)30/h5,7-8,10-16,27H,2-4,6,9,17H2,1H3,(H,29,30)(H2,28,31,32). The summed E-state index contributed by atoms with van der Waals surface area (Å²) in [5, 5.41) is 14.1. The summed E-state index contributed by atoms with van der Waals surface area (Å²) in [6.07, 6.45) is 3.15. The number of benzene rings is 3. The van der Waals surface area contributed by atoms with Crippen LogP contribution in [0.2, 0.25) is 0 Å². The van der Waals surface area contributed by atoms with Crippen molar-refractivity contribution >= 4 is 16.0 Å². The van der Waals surface area contributed by atoms with Gasteiger partial charge in [-0.15, -0.1) is 0 Å². The van der Waals surface area contributed by atoms with E-state index in [2.05, 4.69) is 12.1 Å². The van der Waals surface area contributed by atoms with Gasteiger partial charge in [-0.25, -0.2) is 13.6 Å². The van der Waals surface area contributed by atoms with E-state index in [-0.39, 0.29) is 12.2 Å². The summed E-state index contributed by atoms with van der Waals surface area (Å²) in [5.74, 6) is 0.365. The quantitative estimate of drug-likeness (QED) is 0.390. The normalized spacial score (nSPS) is 14.5. The minimum Gasteiger partial charge on any atom is -0.496 e. The van der Waals surface area contributed by atoms with Crippen molar-refractivity contribution in [3.05, 3.63) is 82.9 Å². The first-order valence-corrected chi connectivity index (χ1v) is 13.2. The lowest BCUT2D eigenvalue weighted by atomic mass is 9.87. The third kappa shape index (κ3) is 6.01. The number of nitrogens with two attached hydrogens (primary N) is 1. The Morgan fingerprint density at radius 3 is 2.46 bits per heavy atom. The Hall–Kier alpha value is -3.36. The molecule has 3 N–H and O–H groups in total. The van der Waals surface area contributed by atoms with Gasteiger partial charge in [-0.05, 0) is 53.6 Å². The largest absolute Gasteiger partial charge is 0.496 e. The Bertz CT molecular complexity index is 1320. The maximum atomic E-state index is 11.7. The van der Waals surface area contributed by atoms with Crippen LogP contribution in [0, 0.1) is 0 Å². The molecule has 1 heterocycles. The van der Waals surface area contributed by atoms with Crippen molar-refractivity contribution in [2.24, 2.45) is 5.14 Å². The Balaban J connectivity index is 1.63. The zero-order chi connectivity index (χ0) is 25.0. The van der Waals surface area contributed by atoms with Crippen LogP contribution in [-0.4, -0.2) is 26.6 Å². The van der Waals surface area contributed by atoms with Gasteiger partial charge < -0.3 is 14.6 Å². The lowest BCUT2D eigenvalue weighted by Gasteiger charge is -2.30. The van der Waals surface area contributed by atoms with E-state index in [9.17, 15) is 13.2 Å². The van der Waals surface area contributed by atoms with Crippen molar-refractivity contribution in [2.45, 2.75) is 44.0 Å². The molecule has 35 heavy (non-hydrogen) atoms. The molecule has 0 spiro atoms. The van der Waals surface area contributed by atoms with E-state index in [1.54, 1.807) is 13.2 Å². The molecule has 1 aliphatic rings. The lowest BCUT2D eigenvalue weighted by molar-refractivity contribution is -0.137. The summed E-state index contributed by atoms with van der Waals surface area (Å²) in [7, 11) is -2.07. The third-order valence-corrected chi connectivity index (χ3v) is 6.86. The monoisotopic (exact) mass is 495 g/mol. The highest BCUT2D eigenvalue weighted by Crippen LogP contribution is 2.49. The zero-order valence-electron chi connectivity index (χ0n) is 19.6. The molecule has 0 bridgehead atoms. The number of aryl methyl sites for hydroxylation is 1. The highest BCUT2D eigenvalue weighted by molar-refractivity contribution is 7.88. The predicted octanol–water partition coefficient (Wildman–Crippen LogP) is 4.82. The lowest BCUT2D eigenvalue weighted by Crippen LogP contribution is -2.18. The minimum absolute atomic E-state index is 0.205. The first-order valence-electron chi connectivity index (χ1n) is 11.5. The molecule has 7 nitrogen and oxygen atoms in total. The molecular formula is C27H29NO6S. The van der Waals surface area contributed by atoms with Crippen molar-refractivity contribution in [3.63, 3.8) is 0 Å². The molecule has 0 aromatic heterocycles. The summed E-state index contributed by atoms with van der Waals surface area (Å²) in [5.41, 5.74) is 5.32. The summed E-state index contributed by atoms with van der Waals surface area (Å²) in [6, 6.07) is 19.3. The highest BCUT2D eigenvalue weighted by atomic mass is 32.2. The predicted molar refractivity (Wildman–Crippen MR) is 134 cm³/mol. The number of methoxy groups -OCH3 is 1. The van der Waals surface area contributed by atoms with Crippen LogP contribution in [0.1, 0.15) is 54.0 Å². The zero-order valence-corrected chi connectivity index (χ0v) is 20.4. The number of sulfonamides is 1. The molecule has 0 saturated heterocycles. The van der Waals surface area contributed by atoms with Gasteiger partial charge in [0.1, 0.15) is 17.6 Å². The number of carboxylic acid groups (broad SMARTS) is 1. The summed E-state index contributed by atoms with van der Waals surface area (Å²) in [4.78, 5) is 10.7. The molecule has 1 unspecified atom stereocenters. The number of fused-ring (bicyclic) bond motifs is 3. The van der Waals surface area contributed by atoms with E-state index in [4.69, 9.17) is 19.7 Å². The van der Waals surface area contributed by atoms with Gasteiger partial charge in [0.15, 0.2) is 0 Å². The molecule has 4 rings (SSSR count). The Labute approximate surface area is 205 Å². The van der Waals surface area contributed by atoms with Gasteiger partial charge in [0, 0.05) is 12.0 Å². The molecule has 3 aromatic carbocycles. The highest BCUT2D eigenvalue weighted by Gasteiger charge is 2.30. The molecule has 0 amide bonds. The van der Waals surface area contributed by atoms with Crippen molar-refractivity contribution in [3.8, 4) is 22.6 Å². The van der Waals surface area contributed by atoms with Crippen LogP contribution in [0.15, 0.2) is 60.7 Å². The van der Waals surface area contributed by atoms with Gasteiger partial charge in [0.05, 0.1) is 18.4 Å². The fourth-order valence-corrected chi connectivity index (χ4v) is 5.15. The van der Waals surface area contributed by atoms with Gasteiger partial charge in [0.25, 0.3) is 0 Å². The minimum atomic E-state index is -3.68. The average Bonchev–Trinajstić information content (AvgIpc) is 2.82. The second-order valence-corrected chi connectivity index (χ2v) is 10.4. The van der Waals surface area contributed by atoms with Gasteiger partial charge >= 0.3 is 5.97 Å². The van der Waals surface area contributed by atoms with Crippen LogP contribution in [0.5, 0.6) is 11.5 Å². The maximum absolute atomic E-state index is 11.7. The molecule has 1 atom stereocenters. The number of ether oxygens (including phenoxy) is 2. The van der Waals surface area contributed by atoms with E-state index in [0.717, 1.165) is 41.5 Å². The first-order chi connectivity index (χ1) is 16.7. The number of rotatable bonds is 10. The fraction of sp³-hybridized carbons (Fsp3) is 0.296. The van der Waals surface area contributed by atoms with E-state index in [1.165, 1.54) is 5.56 Å². The fourth-order valence-electron chi connectivity index (χ4n) is 4.50. The van der Waals surface area contributed by atoms with Crippen LogP contribution in [0.3, 0.4) is 0 Å². The van der Waals surface area contributed by atoms with Crippen molar-refractivity contribution < 1.29 is 27.8 Å². The van der Waals surface area contributed by atoms with E-state index < -0.39 is 22.1 Å². The molecule has 8 heteroatoms. The molecular weight excluding hydrogens is 466 g/mol. The second-order valence-electron chi connectivity index (χ2n) is 8.76. The molecule has 184 valence electrons. The number of hydrogen-bond acceptors (Lipinski definition) is 5. The van der Waals surface area contributed by atoms with Crippen molar-refractivity contribution in [1.29, 1.82) is 0 Å². The van der Waals surface area contributed by atoms with E-state index >= 15 is 0 Å². The molecule has 0 saturated carbocycles. The van der Waals surface area contributed by atoms with Gasteiger partial charge in [-0.1, -0.05) is 55.0 Å². The number of aliphatic carboxylic acids is 1. The van der Waals surface area contributed by atoms with Gasteiger partial charge in [-0.3, -0.25) is 4.79 Å². The molecule has 0 aliphatic carbocycles. The number of carboxylic acids is 1. The number of hydrogen-bond donors (Lipinski definition) is 2. The number of carbonyl (C=O) groups is 1. The summed E-state index contributed by atoms with van der Waals surface area (Å²) >= 11 is 0. The van der Waals surface area contributed by atoms with Gasteiger partial charge in [-0.2, -0.15) is 0 Å². The summed E-state index contributed by atoms with van der Waals surface area (Å²) in [6.45, 7) is 0. The van der Waals surface area contributed by atoms with E-state index in [0.29, 0.717) is 23.5 Å². The Kier molecular flexibility index (Phi) is 7.42. The molecule has 1 aliphatic heterocycles. The molecule has 0 radical (unpaired) electrons. The molecule has 3 aromatic rings. The first kappa shape index (κ1) is 24.8. The average molecular weight is 496 g/mol. The summed E-state index contributed by atoms with van der Waals surface area (Å²) < 4.78 is 35.4. The van der Waals surface area contributed by atoms with Crippen LogP contribution < -0.4 is 14.6 Å².